The van der Waals surface area contributed by atoms with E-state index in [1.165, 1.54) is 37.6 Å². The van der Waals surface area contributed by atoms with Crippen molar-refractivity contribution in [1.82, 2.24) is 9.55 Å². The van der Waals surface area contributed by atoms with Gasteiger partial charge in [-0.3, -0.25) is 4.79 Å². The summed E-state index contributed by atoms with van der Waals surface area (Å²) in [5.74, 6) is -0.834. The molecule has 1 fully saturated rings. The van der Waals surface area contributed by atoms with Crippen LogP contribution in [0.15, 0.2) is 52.9 Å². The number of ether oxygens (including phenoxy) is 3. The van der Waals surface area contributed by atoms with Crippen molar-refractivity contribution in [3.05, 3.63) is 74.8 Å². The first-order chi connectivity index (χ1) is 14.6. The van der Waals surface area contributed by atoms with E-state index < -0.39 is 23.7 Å². The molecule has 11 heteroatoms. The molecule has 0 amide bonds. The van der Waals surface area contributed by atoms with Gasteiger partial charge in [0.25, 0.3) is 0 Å². The minimum absolute atomic E-state index is 0.00292. The van der Waals surface area contributed by atoms with Crippen molar-refractivity contribution in [2.24, 2.45) is 5.92 Å². The monoisotopic (exact) mass is 455 g/mol. The molecule has 1 aliphatic heterocycles. The number of hydrogen-bond acceptors (Lipinski definition) is 6. The maximum absolute atomic E-state index is 13.5. The van der Waals surface area contributed by atoms with Crippen LogP contribution in [0, 0.1) is 11.7 Å². The van der Waals surface area contributed by atoms with Gasteiger partial charge in [0.2, 0.25) is 11.7 Å². The maximum atomic E-state index is 13.5. The second-order valence-corrected chi connectivity index (χ2v) is 7.48. The highest BCUT2D eigenvalue weighted by molar-refractivity contribution is 6.30. The number of hydrogen-bond donors (Lipinski definition) is 1. The molecule has 7 nitrogen and oxygen atoms in total. The average Bonchev–Trinajstić information content (AvgIpc) is 2.99. The van der Waals surface area contributed by atoms with E-state index in [1.54, 1.807) is 17.6 Å². The molecule has 1 saturated heterocycles. The van der Waals surface area contributed by atoms with Crippen LogP contribution in [0.5, 0.6) is 5.75 Å². The molecule has 0 radical (unpaired) electrons. The standard InChI is InChI=1S/C20H17ClF3N3O4/c1-10-5-15-16(31-20(23,24)30-15)7-14(10)25-19-26-18(28)17(29-2)9-27(19)8-11-3-4-13(22)12(21)6-11/h3-7,9-10,14H,8H2,1-2H3,(H,25,26,28). The zero-order valence-electron chi connectivity index (χ0n) is 16.4. The Bertz CT molecular complexity index is 1150. The lowest BCUT2D eigenvalue weighted by Gasteiger charge is -2.25. The summed E-state index contributed by atoms with van der Waals surface area (Å²) < 4.78 is 55.9. The number of benzene rings is 1. The first-order valence-corrected chi connectivity index (χ1v) is 9.59. The van der Waals surface area contributed by atoms with Crippen molar-refractivity contribution in [3.8, 4) is 5.75 Å². The number of nitrogens with one attached hydrogen (secondary N) is 1. The molecule has 164 valence electrons. The van der Waals surface area contributed by atoms with E-state index in [4.69, 9.17) is 16.3 Å². The highest BCUT2D eigenvalue weighted by Crippen LogP contribution is 2.40. The average molecular weight is 456 g/mol. The Labute approximate surface area is 179 Å². The zero-order valence-corrected chi connectivity index (χ0v) is 17.1. The minimum Gasteiger partial charge on any atom is -0.490 e. The van der Waals surface area contributed by atoms with Gasteiger partial charge < -0.3 is 24.1 Å². The van der Waals surface area contributed by atoms with Gasteiger partial charge in [0.15, 0.2) is 11.5 Å². The molecule has 2 unspecified atom stereocenters. The predicted molar refractivity (Wildman–Crippen MR) is 105 cm³/mol. The van der Waals surface area contributed by atoms with Crippen molar-refractivity contribution in [2.75, 3.05) is 12.4 Å². The van der Waals surface area contributed by atoms with E-state index in [0.29, 0.717) is 5.56 Å². The molecule has 1 N–H and O–H groups in total. The molecule has 0 spiro atoms. The Morgan fingerprint density at radius 3 is 2.68 bits per heavy atom. The minimum atomic E-state index is -3.73. The number of alkyl halides is 2. The lowest BCUT2D eigenvalue weighted by molar-refractivity contribution is -0.326. The van der Waals surface area contributed by atoms with Crippen molar-refractivity contribution < 1.29 is 27.4 Å². The number of fused-ring (bicyclic) bond motifs is 1. The third kappa shape index (κ3) is 4.34. The number of nitrogens with zero attached hydrogens (tertiary/aromatic N) is 2. The third-order valence-electron chi connectivity index (χ3n) is 4.83. The quantitative estimate of drug-likeness (QED) is 0.737. The fraction of sp³-hybridized carbons (Fsp3) is 0.300. The van der Waals surface area contributed by atoms with Crippen LogP contribution in [0.3, 0.4) is 0 Å². The molecule has 1 aromatic carbocycles. The largest absolute Gasteiger partial charge is 0.586 e. The summed E-state index contributed by atoms with van der Waals surface area (Å²) in [6.45, 7) is 1.96. The van der Waals surface area contributed by atoms with E-state index in [0.717, 1.165) is 0 Å². The van der Waals surface area contributed by atoms with E-state index in [2.05, 4.69) is 19.8 Å². The molecular weight excluding hydrogens is 439 g/mol. The lowest BCUT2D eigenvalue weighted by Crippen LogP contribution is -2.31. The van der Waals surface area contributed by atoms with Gasteiger partial charge in [0.05, 0.1) is 30.9 Å². The van der Waals surface area contributed by atoms with Crippen LogP contribution in [-0.4, -0.2) is 29.0 Å². The Morgan fingerprint density at radius 2 is 2.00 bits per heavy atom. The zero-order chi connectivity index (χ0) is 22.3. The van der Waals surface area contributed by atoms with Crippen molar-refractivity contribution in [1.29, 1.82) is 0 Å². The summed E-state index contributed by atoms with van der Waals surface area (Å²) in [6.07, 6.45) is 0.658. The summed E-state index contributed by atoms with van der Waals surface area (Å²) in [5, 5.41) is 3.02. The smallest absolute Gasteiger partial charge is 0.490 e. The Morgan fingerprint density at radius 1 is 1.29 bits per heavy atom. The molecule has 0 bridgehead atoms. The highest BCUT2D eigenvalue weighted by Gasteiger charge is 2.47. The highest BCUT2D eigenvalue weighted by atomic mass is 35.5. The molecular formula is C20H17ClF3N3O4. The maximum Gasteiger partial charge on any atom is 0.586 e. The topological polar surface area (TPSA) is 74.6 Å². The first kappa shape index (κ1) is 21.1. The SMILES string of the molecule is COc1cn(Cc2ccc(F)c(Cl)c2)c(NC2C=C3OC(F)(F)OC3=CC2C)nc1=O. The fourth-order valence-electron chi connectivity index (χ4n) is 3.27. The Kier molecular flexibility index (Phi) is 5.34. The van der Waals surface area contributed by atoms with Gasteiger partial charge in [-0.15, -0.1) is 8.78 Å². The van der Waals surface area contributed by atoms with Crippen LogP contribution in [0.1, 0.15) is 12.5 Å². The summed E-state index contributed by atoms with van der Waals surface area (Å²) >= 11 is 5.86. The summed E-state index contributed by atoms with van der Waals surface area (Å²) in [7, 11) is 1.34. The second-order valence-electron chi connectivity index (χ2n) is 7.07. The molecule has 2 heterocycles. The lowest BCUT2D eigenvalue weighted by atomic mass is 9.95. The molecule has 4 rings (SSSR count). The predicted octanol–water partition coefficient (Wildman–Crippen LogP) is 3.89. The van der Waals surface area contributed by atoms with Gasteiger partial charge in [-0.2, -0.15) is 4.98 Å². The van der Waals surface area contributed by atoms with E-state index in [1.807, 2.05) is 0 Å². The Balaban J connectivity index is 1.66. The molecule has 1 aliphatic carbocycles. The number of halogens is 4. The van der Waals surface area contributed by atoms with Crippen LogP contribution in [0.2, 0.25) is 5.02 Å². The van der Waals surface area contributed by atoms with Gasteiger partial charge >= 0.3 is 11.9 Å². The van der Waals surface area contributed by atoms with Gasteiger partial charge in [0.1, 0.15) is 5.82 Å². The van der Waals surface area contributed by atoms with Gasteiger partial charge in [-0.25, -0.2) is 4.39 Å². The normalized spacial score (nSPS) is 21.4. The van der Waals surface area contributed by atoms with Gasteiger partial charge in [-0.05, 0) is 29.8 Å². The van der Waals surface area contributed by atoms with E-state index in [-0.39, 0.29) is 40.7 Å². The summed E-state index contributed by atoms with van der Waals surface area (Å²) in [5.41, 5.74) is 0.0315. The van der Waals surface area contributed by atoms with Crippen LogP contribution in [0.25, 0.3) is 0 Å². The Hall–Kier alpha value is -3.14. The second kappa shape index (κ2) is 7.84. The molecule has 2 atom stereocenters. The van der Waals surface area contributed by atoms with Crippen LogP contribution in [0.4, 0.5) is 19.1 Å². The van der Waals surface area contributed by atoms with Crippen LogP contribution < -0.4 is 15.6 Å². The van der Waals surface area contributed by atoms with Gasteiger partial charge in [0, 0.05) is 5.92 Å². The van der Waals surface area contributed by atoms with Crippen molar-refractivity contribution >= 4 is 17.5 Å². The fourth-order valence-corrected chi connectivity index (χ4v) is 3.48. The van der Waals surface area contributed by atoms with Gasteiger partial charge in [-0.1, -0.05) is 24.6 Å². The van der Waals surface area contributed by atoms with Crippen molar-refractivity contribution in [3.63, 3.8) is 0 Å². The molecule has 2 aromatic rings. The van der Waals surface area contributed by atoms with Crippen LogP contribution in [-0.2, 0) is 16.0 Å². The number of anilines is 1. The molecule has 2 aliphatic rings. The van der Waals surface area contributed by atoms with Crippen molar-refractivity contribution in [2.45, 2.75) is 25.8 Å². The first-order valence-electron chi connectivity index (χ1n) is 9.21. The van der Waals surface area contributed by atoms with E-state index >= 15 is 0 Å². The molecule has 31 heavy (non-hydrogen) atoms. The third-order valence-corrected chi connectivity index (χ3v) is 5.12. The number of rotatable bonds is 5. The number of methoxy groups -OCH3 is 1. The number of aromatic nitrogens is 2. The summed E-state index contributed by atoms with van der Waals surface area (Å²) in [6, 6.07) is 3.70. The van der Waals surface area contributed by atoms with E-state index in [9.17, 15) is 18.0 Å². The molecule has 0 saturated carbocycles. The summed E-state index contributed by atoms with van der Waals surface area (Å²) in [4.78, 5) is 16.3. The molecule has 1 aromatic heterocycles. The van der Waals surface area contributed by atoms with Crippen LogP contribution >= 0.6 is 11.6 Å².